The lowest BCUT2D eigenvalue weighted by atomic mass is 10.0. The number of benzene rings is 3. The third-order valence-corrected chi connectivity index (χ3v) is 7.95. The van der Waals surface area contributed by atoms with E-state index in [2.05, 4.69) is 25.1 Å². The van der Waals surface area contributed by atoms with Crippen molar-refractivity contribution in [3.05, 3.63) is 89.2 Å². The minimum atomic E-state index is -4.75. The number of aromatic nitrogens is 3. The van der Waals surface area contributed by atoms with Crippen molar-refractivity contribution in [3.63, 3.8) is 0 Å². The molecule has 1 aliphatic rings. The first-order valence-corrected chi connectivity index (χ1v) is 15.2. The van der Waals surface area contributed by atoms with Crippen molar-refractivity contribution in [1.82, 2.24) is 20.1 Å². The lowest BCUT2D eigenvalue weighted by molar-refractivity contribution is -0.274. The van der Waals surface area contributed by atoms with Gasteiger partial charge in [-0.3, -0.25) is 9.69 Å². The second-order valence-corrected chi connectivity index (χ2v) is 11.5. The van der Waals surface area contributed by atoms with Crippen molar-refractivity contribution in [2.45, 2.75) is 46.4 Å². The highest BCUT2D eigenvalue weighted by Crippen LogP contribution is 2.33. The summed E-state index contributed by atoms with van der Waals surface area (Å²) in [5.74, 6) is 0.322. The molecule has 234 valence electrons. The highest BCUT2D eigenvalue weighted by Gasteiger charge is 2.33. The van der Waals surface area contributed by atoms with Gasteiger partial charge in [-0.1, -0.05) is 53.7 Å². The SMILES string of the molecule is Cc1cc(C)c(N2C(=O)CS/C2=N\C(=O)NCCCCc2ccc(-c3ncn(-c4ccc(OC(F)(F)F)cc4)n3)cc2)c(C)c1. The number of thioether (sulfide) groups is 1. The van der Waals surface area contributed by atoms with Gasteiger partial charge in [0.1, 0.15) is 12.1 Å². The monoisotopic (exact) mass is 636 g/mol. The van der Waals surface area contributed by atoms with Gasteiger partial charge in [0.2, 0.25) is 5.91 Å². The van der Waals surface area contributed by atoms with E-state index in [1.54, 1.807) is 4.90 Å². The first-order valence-electron chi connectivity index (χ1n) is 14.2. The van der Waals surface area contributed by atoms with Gasteiger partial charge in [-0.2, -0.15) is 4.99 Å². The summed E-state index contributed by atoms with van der Waals surface area (Å²) >= 11 is 1.26. The van der Waals surface area contributed by atoms with Crippen molar-refractivity contribution in [2.75, 3.05) is 17.2 Å². The molecule has 0 radical (unpaired) electrons. The third kappa shape index (κ3) is 8.09. The zero-order valence-electron chi connectivity index (χ0n) is 24.9. The number of halogens is 3. The van der Waals surface area contributed by atoms with Crippen LogP contribution in [0.2, 0.25) is 0 Å². The number of ether oxygens (including phenoxy) is 1. The number of hydrogen-bond acceptors (Lipinski definition) is 6. The van der Waals surface area contributed by atoms with E-state index in [1.165, 1.54) is 47.0 Å². The Morgan fingerprint density at radius 2 is 1.71 bits per heavy atom. The molecule has 2 heterocycles. The fraction of sp³-hybridized carbons (Fsp3) is 0.281. The molecule has 9 nitrogen and oxygen atoms in total. The van der Waals surface area contributed by atoms with Gasteiger partial charge in [0.15, 0.2) is 11.0 Å². The Hall–Kier alpha value is -4.65. The molecule has 1 saturated heterocycles. The molecular weight excluding hydrogens is 605 g/mol. The highest BCUT2D eigenvalue weighted by molar-refractivity contribution is 8.15. The molecule has 13 heteroatoms. The number of anilines is 1. The molecule has 1 aromatic heterocycles. The minimum Gasteiger partial charge on any atom is -0.406 e. The second-order valence-electron chi connectivity index (χ2n) is 10.6. The quantitative estimate of drug-likeness (QED) is 0.200. The van der Waals surface area contributed by atoms with Crippen LogP contribution in [0, 0.1) is 20.8 Å². The molecule has 4 aromatic rings. The number of urea groups is 1. The van der Waals surface area contributed by atoms with Crippen LogP contribution in [-0.4, -0.2) is 50.5 Å². The van der Waals surface area contributed by atoms with Gasteiger partial charge in [0, 0.05) is 12.1 Å². The number of aliphatic imine (C=N–C) groups is 1. The topological polar surface area (TPSA) is 102 Å². The Bertz CT molecular complexity index is 1700. The van der Waals surface area contributed by atoms with E-state index in [-0.39, 0.29) is 17.4 Å². The van der Waals surface area contributed by atoms with Gasteiger partial charge in [0.05, 0.1) is 17.1 Å². The van der Waals surface area contributed by atoms with Gasteiger partial charge in [-0.05, 0) is 81.0 Å². The van der Waals surface area contributed by atoms with Crippen LogP contribution >= 0.6 is 11.8 Å². The van der Waals surface area contributed by atoms with Crippen LogP contribution in [0.3, 0.4) is 0 Å². The van der Waals surface area contributed by atoms with Gasteiger partial charge < -0.3 is 10.1 Å². The second kappa shape index (κ2) is 13.6. The van der Waals surface area contributed by atoms with Crippen molar-refractivity contribution in [1.29, 1.82) is 0 Å². The minimum absolute atomic E-state index is 0.0927. The van der Waals surface area contributed by atoms with Gasteiger partial charge in [0.25, 0.3) is 0 Å². The third-order valence-electron chi connectivity index (χ3n) is 7.03. The Morgan fingerprint density at radius 1 is 1.02 bits per heavy atom. The molecule has 0 unspecified atom stereocenters. The molecule has 1 aliphatic heterocycles. The number of hydrogen-bond donors (Lipinski definition) is 1. The maximum absolute atomic E-state index is 12.6. The van der Waals surface area contributed by atoms with Crippen LogP contribution < -0.4 is 15.0 Å². The summed E-state index contributed by atoms with van der Waals surface area (Å²) < 4.78 is 42.6. The molecule has 0 saturated carbocycles. The molecule has 0 atom stereocenters. The van der Waals surface area contributed by atoms with E-state index in [1.807, 2.05) is 57.2 Å². The van der Waals surface area contributed by atoms with Crippen molar-refractivity contribution in [3.8, 4) is 22.8 Å². The summed E-state index contributed by atoms with van der Waals surface area (Å²) in [6.07, 6.45) is -0.848. The Kier molecular flexibility index (Phi) is 9.57. The highest BCUT2D eigenvalue weighted by atomic mass is 32.2. The fourth-order valence-corrected chi connectivity index (χ4v) is 5.96. The van der Waals surface area contributed by atoms with E-state index in [0.717, 1.165) is 52.8 Å². The number of alkyl halides is 3. The number of unbranched alkanes of at least 4 members (excludes halogenated alkanes) is 1. The van der Waals surface area contributed by atoms with Gasteiger partial charge >= 0.3 is 12.4 Å². The van der Waals surface area contributed by atoms with Crippen molar-refractivity contribution < 1.29 is 27.5 Å². The number of rotatable bonds is 9. The summed E-state index contributed by atoms with van der Waals surface area (Å²) in [4.78, 5) is 35.3. The summed E-state index contributed by atoms with van der Waals surface area (Å²) in [6.45, 7) is 6.37. The number of amidine groups is 1. The molecule has 0 bridgehead atoms. The van der Waals surface area contributed by atoms with Gasteiger partial charge in [-0.25, -0.2) is 14.5 Å². The van der Waals surface area contributed by atoms with Crippen LogP contribution in [0.25, 0.3) is 17.1 Å². The largest absolute Gasteiger partial charge is 0.573 e. The van der Waals surface area contributed by atoms with E-state index in [9.17, 15) is 22.8 Å². The Balaban J connectivity index is 1.09. The molecule has 0 aliphatic carbocycles. The number of nitrogens with zero attached hydrogens (tertiary/aromatic N) is 5. The van der Waals surface area contributed by atoms with E-state index < -0.39 is 12.4 Å². The Morgan fingerprint density at radius 3 is 2.38 bits per heavy atom. The zero-order valence-corrected chi connectivity index (χ0v) is 25.7. The Labute approximate surface area is 262 Å². The lowest BCUT2D eigenvalue weighted by Gasteiger charge is -2.21. The van der Waals surface area contributed by atoms with Crippen LogP contribution in [-0.2, 0) is 11.2 Å². The van der Waals surface area contributed by atoms with E-state index in [0.29, 0.717) is 23.2 Å². The molecular formula is C32H31F3N6O3S. The lowest BCUT2D eigenvalue weighted by Crippen LogP contribution is -2.32. The average molecular weight is 637 g/mol. The van der Waals surface area contributed by atoms with E-state index in [4.69, 9.17) is 0 Å². The predicted molar refractivity (Wildman–Crippen MR) is 168 cm³/mol. The first kappa shape index (κ1) is 31.8. The summed E-state index contributed by atoms with van der Waals surface area (Å²) in [7, 11) is 0. The summed E-state index contributed by atoms with van der Waals surface area (Å²) in [6, 6.07) is 16.7. The summed E-state index contributed by atoms with van der Waals surface area (Å²) in [5.41, 5.74) is 6.27. The molecule has 3 aromatic carbocycles. The molecule has 1 N–H and O–H groups in total. The smallest absolute Gasteiger partial charge is 0.406 e. The van der Waals surface area contributed by atoms with E-state index >= 15 is 0 Å². The number of carbonyl (C=O) groups is 2. The average Bonchev–Trinajstić information content (AvgIpc) is 3.60. The summed E-state index contributed by atoms with van der Waals surface area (Å²) in [5, 5.41) is 7.65. The molecule has 0 spiro atoms. The predicted octanol–water partition coefficient (Wildman–Crippen LogP) is 6.93. The standard InChI is InChI=1S/C32H31F3N6O3S/c1-20-16-21(2)28(22(3)17-20)41-27(42)18-45-31(41)38-30(43)36-15-5-4-6-23-7-9-24(10-8-23)29-37-19-40(39-29)25-11-13-26(14-12-25)44-32(33,34)35/h7-14,16-17,19H,4-6,15,18H2,1-3H3,(H,36,43)/b38-31-. The van der Waals surface area contributed by atoms with Crippen LogP contribution in [0.4, 0.5) is 23.7 Å². The fourth-order valence-electron chi connectivity index (χ4n) is 5.11. The molecule has 1 fully saturated rings. The molecule has 5 rings (SSSR count). The maximum atomic E-state index is 12.6. The first-order chi connectivity index (χ1) is 21.5. The molecule has 45 heavy (non-hydrogen) atoms. The van der Waals surface area contributed by atoms with Gasteiger partial charge in [-0.15, -0.1) is 18.3 Å². The van der Waals surface area contributed by atoms with Crippen molar-refractivity contribution in [2.24, 2.45) is 4.99 Å². The number of nitrogens with one attached hydrogen (secondary N) is 1. The number of amides is 3. The number of carbonyl (C=O) groups excluding carboxylic acids is 2. The van der Waals surface area contributed by atoms with Crippen LogP contribution in [0.5, 0.6) is 5.75 Å². The molecule has 3 amide bonds. The normalized spacial score (nSPS) is 14.3. The van der Waals surface area contributed by atoms with Crippen LogP contribution in [0.1, 0.15) is 35.1 Å². The number of aryl methyl sites for hydroxylation is 4. The zero-order chi connectivity index (χ0) is 32.1. The maximum Gasteiger partial charge on any atom is 0.573 e. The van der Waals surface area contributed by atoms with Crippen molar-refractivity contribution >= 4 is 34.6 Å². The van der Waals surface area contributed by atoms with Crippen LogP contribution in [0.15, 0.2) is 72.0 Å².